The fourth-order valence-electron chi connectivity index (χ4n) is 7.04. The van der Waals surface area contributed by atoms with Gasteiger partial charge < -0.3 is 15.0 Å². The third kappa shape index (κ3) is 3.68. The quantitative estimate of drug-likeness (QED) is 0.275. The highest BCUT2D eigenvalue weighted by Gasteiger charge is 2.70. The molecule has 4 aromatic carbocycles. The van der Waals surface area contributed by atoms with Crippen LogP contribution in [-0.2, 0) is 10.2 Å². The SMILES string of the molecule is COc1cccc(C(=O)[C@@H]2[C@H](C(=O)c3ccc(Cl)cc3)N3c4ccc(C)cc4C=C[C@H]3[C@@]23C(=O)Nc2ccccc23)c1. The second kappa shape index (κ2) is 9.71. The number of Topliss-reactive ketones (excluding diaryl/α,β-unsaturated/α-hetero) is 2. The minimum Gasteiger partial charge on any atom is -0.497 e. The summed E-state index contributed by atoms with van der Waals surface area (Å²) < 4.78 is 5.44. The molecule has 42 heavy (non-hydrogen) atoms. The summed E-state index contributed by atoms with van der Waals surface area (Å²) in [6, 6.07) is 25.5. The lowest BCUT2D eigenvalue weighted by Crippen LogP contribution is -2.51. The molecule has 1 fully saturated rings. The molecule has 1 saturated heterocycles. The number of nitrogens with one attached hydrogen (secondary N) is 1. The number of anilines is 2. The minimum absolute atomic E-state index is 0.256. The van der Waals surface area contributed by atoms with E-state index in [1.807, 2.05) is 60.4 Å². The topological polar surface area (TPSA) is 75.7 Å². The van der Waals surface area contributed by atoms with Crippen LogP contribution in [0.1, 0.15) is 37.4 Å². The molecule has 7 rings (SSSR count). The number of fused-ring (bicyclic) bond motifs is 6. The Bertz CT molecular complexity index is 1810. The van der Waals surface area contributed by atoms with Crippen LogP contribution in [0.4, 0.5) is 11.4 Å². The van der Waals surface area contributed by atoms with Crippen LogP contribution in [0.2, 0.25) is 5.02 Å². The van der Waals surface area contributed by atoms with Crippen LogP contribution < -0.4 is 15.0 Å². The monoisotopic (exact) mass is 574 g/mol. The number of methoxy groups -OCH3 is 1. The zero-order valence-electron chi connectivity index (χ0n) is 23.0. The summed E-state index contributed by atoms with van der Waals surface area (Å²) in [7, 11) is 1.54. The summed E-state index contributed by atoms with van der Waals surface area (Å²) in [6.07, 6.45) is 3.98. The van der Waals surface area contributed by atoms with Gasteiger partial charge in [-0.15, -0.1) is 0 Å². The van der Waals surface area contributed by atoms with E-state index < -0.39 is 23.4 Å². The molecule has 4 atom stereocenters. The Balaban J connectivity index is 1.53. The average Bonchev–Trinajstić information content (AvgIpc) is 3.49. The largest absolute Gasteiger partial charge is 0.497 e. The standard InChI is InChI=1S/C35H27ClN2O4/c1-20-10-16-28-22(18-20)13-17-29-35(26-8-3-4-9-27(26)37-34(35)41)30(32(39)23-6-5-7-25(19-23)42-2)31(38(28)29)33(40)21-11-14-24(36)15-12-21/h3-19,29-31H,1-2H3,(H,37,41)/t29-,30-,31+,35+/m0/s1. The number of nitrogens with zero attached hydrogens (tertiary/aromatic N) is 1. The Morgan fingerprint density at radius 3 is 2.48 bits per heavy atom. The Kier molecular flexibility index (Phi) is 6.06. The van der Waals surface area contributed by atoms with Gasteiger partial charge in [-0.25, -0.2) is 0 Å². The molecular weight excluding hydrogens is 548 g/mol. The van der Waals surface area contributed by atoms with Crippen LogP contribution in [0.25, 0.3) is 6.08 Å². The molecule has 4 aromatic rings. The summed E-state index contributed by atoms with van der Waals surface area (Å²) in [4.78, 5) is 46.0. The van der Waals surface area contributed by atoms with Crippen LogP contribution in [0, 0.1) is 12.8 Å². The van der Waals surface area contributed by atoms with E-state index in [-0.39, 0.29) is 17.5 Å². The van der Waals surface area contributed by atoms with Crippen molar-refractivity contribution in [2.45, 2.75) is 24.4 Å². The molecule has 1 N–H and O–H groups in total. The second-order valence-electron chi connectivity index (χ2n) is 11.0. The highest BCUT2D eigenvalue weighted by Crippen LogP contribution is 2.58. The molecule has 3 aliphatic rings. The van der Waals surface area contributed by atoms with E-state index >= 15 is 0 Å². The maximum absolute atomic E-state index is 14.9. The number of ether oxygens (including phenoxy) is 1. The van der Waals surface area contributed by atoms with Gasteiger partial charge in [-0.05, 0) is 72.6 Å². The van der Waals surface area contributed by atoms with E-state index in [9.17, 15) is 14.4 Å². The lowest BCUT2D eigenvalue weighted by atomic mass is 9.64. The maximum atomic E-state index is 14.9. The number of hydrogen-bond donors (Lipinski definition) is 1. The van der Waals surface area contributed by atoms with Gasteiger partial charge in [-0.3, -0.25) is 14.4 Å². The van der Waals surface area contributed by atoms with Crippen LogP contribution in [0.3, 0.4) is 0 Å². The molecule has 208 valence electrons. The lowest BCUT2D eigenvalue weighted by Gasteiger charge is -2.37. The number of para-hydroxylation sites is 1. The van der Waals surface area contributed by atoms with Gasteiger partial charge in [0, 0.05) is 27.5 Å². The molecule has 7 heteroatoms. The number of benzene rings is 4. The Morgan fingerprint density at radius 1 is 0.905 bits per heavy atom. The fourth-order valence-corrected chi connectivity index (χ4v) is 7.17. The third-order valence-electron chi connectivity index (χ3n) is 8.82. The van der Waals surface area contributed by atoms with Gasteiger partial charge >= 0.3 is 0 Å². The van der Waals surface area contributed by atoms with Gasteiger partial charge in [0.15, 0.2) is 11.6 Å². The fraction of sp³-hybridized carbons (Fsp3) is 0.171. The minimum atomic E-state index is -1.37. The van der Waals surface area contributed by atoms with E-state index in [0.717, 1.165) is 16.8 Å². The Morgan fingerprint density at radius 2 is 1.69 bits per heavy atom. The van der Waals surface area contributed by atoms with Gasteiger partial charge in [0.2, 0.25) is 5.91 Å². The molecule has 0 radical (unpaired) electrons. The van der Waals surface area contributed by atoms with Crippen molar-refractivity contribution in [2.24, 2.45) is 5.92 Å². The molecule has 0 unspecified atom stereocenters. The third-order valence-corrected chi connectivity index (χ3v) is 9.07. The maximum Gasteiger partial charge on any atom is 0.238 e. The Hall–Kier alpha value is -4.68. The molecule has 3 aliphatic heterocycles. The van der Waals surface area contributed by atoms with Gasteiger partial charge in [0.05, 0.1) is 19.1 Å². The second-order valence-corrected chi connectivity index (χ2v) is 11.5. The van der Waals surface area contributed by atoms with Crippen molar-refractivity contribution in [2.75, 3.05) is 17.3 Å². The zero-order chi connectivity index (χ0) is 29.2. The summed E-state index contributed by atoms with van der Waals surface area (Å²) in [5.74, 6) is -1.40. The van der Waals surface area contributed by atoms with Gasteiger partial charge in [-0.1, -0.05) is 65.7 Å². The summed E-state index contributed by atoms with van der Waals surface area (Å²) in [5, 5.41) is 3.56. The van der Waals surface area contributed by atoms with E-state index in [1.54, 1.807) is 48.5 Å². The predicted molar refractivity (Wildman–Crippen MR) is 164 cm³/mol. The zero-order valence-corrected chi connectivity index (χ0v) is 23.8. The first-order chi connectivity index (χ1) is 20.3. The molecule has 6 nitrogen and oxygen atoms in total. The van der Waals surface area contributed by atoms with Crippen molar-refractivity contribution < 1.29 is 19.1 Å². The lowest BCUT2D eigenvalue weighted by molar-refractivity contribution is -0.121. The summed E-state index contributed by atoms with van der Waals surface area (Å²) in [6.45, 7) is 2.01. The number of ketones is 2. The summed E-state index contributed by atoms with van der Waals surface area (Å²) >= 11 is 6.18. The van der Waals surface area contributed by atoms with Crippen LogP contribution >= 0.6 is 11.6 Å². The number of aryl methyl sites for hydroxylation is 1. The van der Waals surface area contributed by atoms with Crippen molar-refractivity contribution in [1.82, 2.24) is 0 Å². The molecule has 3 heterocycles. The van der Waals surface area contributed by atoms with Gasteiger partial charge in [-0.2, -0.15) is 0 Å². The molecule has 0 aromatic heterocycles. The number of carbonyl (C=O) groups excluding carboxylic acids is 3. The van der Waals surface area contributed by atoms with E-state index in [2.05, 4.69) is 11.4 Å². The number of halogens is 1. The van der Waals surface area contributed by atoms with Crippen LogP contribution in [-0.4, -0.2) is 36.7 Å². The van der Waals surface area contributed by atoms with Gasteiger partial charge in [0.25, 0.3) is 0 Å². The Labute approximate surface area is 248 Å². The number of amides is 1. The summed E-state index contributed by atoms with van der Waals surface area (Å²) in [5.41, 5.74) is 3.57. The molecule has 0 bridgehead atoms. The van der Waals surface area contributed by atoms with Crippen molar-refractivity contribution >= 4 is 46.5 Å². The normalized spacial score (nSPS) is 23.3. The first-order valence-electron chi connectivity index (χ1n) is 13.8. The number of rotatable bonds is 5. The highest BCUT2D eigenvalue weighted by molar-refractivity contribution is 6.30. The van der Waals surface area contributed by atoms with Crippen molar-refractivity contribution in [1.29, 1.82) is 0 Å². The van der Waals surface area contributed by atoms with Crippen molar-refractivity contribution in [3.63, 3.8) is 0 Å². The first-order valence-corrected chi connectivity index (χ1v) is 14.2. The van der Waals surface area contributed by atoms with E-state index in [1.165, 1.54) is 7.11 Å². The number of hydrogen-bond acceptors (Lipinski definition) is 5. The van der Waals surface area contributed by atoms with Crippen molar-refractivity contribution in [3.05, 3.63) is 130 Å². The number of carbonyl (C=O) groups is 3. The molecule has 1 amide bonds. The predicted octanol–water partition coefficient (Wildman–Crippen LogP) is 6.51. The molecule has 1 spiro atoms. The highest BCUT2D eigenvalue weighted by atomic mass is 35.5. The van der Waals surface area contributed by atoms with Crippen LogP contribution in [0.15, 0.2) is 97.1 Å². The van der Waals surface area contributed by atoms with E-state index in [4.69, 9.17) is 16.3 Å². The molecule has 0 saturated carbocycles. The smallest absolute Gasteiger partial charge is 0.238 e. The average molecular weight is 575 g/mol. The van der Waals surface area contributed by atoms with E-state index in [0.29, 0.717) is 33.1 Å². The molecule has 0 aliphatic carbocycles. The van der Waals surface area contributed by atoms with Gasteiger partial charge in [0.1, 0.15) is 17.2 Å². The first kappa shape index (κ1) is 26.2. The van der Waals surface area contributed by atoms with Crippen molar-refractivity contribution in [3.8, 4) is 5.75 Å². The van der Waals surface area contributed by atoms with Crippen LogP contribution in [0.5, 0.6) is 5.75 Å². The molecular formula is C35H27ClN2O4.